The average Bonchev–Trinajstić information content (AvgIpc) is 3.45. The molecule has 1 amide bonds. The third-order valence-electron chi connectivity index (χ3n) is 4.57. The van der Waals surface area contributed by atoms with E-state index < -0.39 is 0 Å². The van der Waals surface area contributed by atoms with Gasteiger partial charge in [-0.3, -0.25) is 4.79 Å². The summed E-state index contributed by atoms with van der Waals surface area (Å²) in [6.07, 6.45) is 0. The van der Waals surface area contributed by atoms with Gasteiger partial charge in [-0.2, -0.15) is 0 Å². The van der Waals surface area contributed by atoms with E-state index >= 15 is 0 Å². The van der Waals surface area contributed by atoms with E-state index in [0.717, 1.165) is 5.56 Å². The van der Waals surface area contributed by atoms with Crippen molar-refractivity contribution in [2.75, 3.05) is 28.1 Å². The molecule has 0 saturated heterocycles. The molecule has 0 bridgehead atoms. The van der Waals surface area contributed by atoms with Crippen molar-refractivity contribution in [1.29, 1.82) is 0 Å². The minimum Gasteiger partial charge on any atom is -0.493 e. The molecule has 0 aliphatic carbocycles. The number of carbonyl (C=O) groups excluding carboxylic acids is 1. The number of methoxy groups -OCH3 is 3. The molecule has 2 aromatic carbocycles. The van der Waals surface area contributed by atoms with Gasteiger partial charge in [0.05, 0.1) is 27.9 Å². The van der Waals surface area contributed by atoms with Gasteiger partial charge in [-0.25, -0.2) is 0 Å². The quantitative estimate of drug-likeness (QED) is 0.632. The molecule has 30 heavy (non-hydrogen) atoms. The highest BCUT2D eigenvalue weighted by Crippen LogP contribution is 2.38. The Morgan fingerprint density at radius 3 is 2.43 bits per heavy atom. The van der Waals surface area contributed by atoms with Crippen LogP contribution in [-0.2, 0) is 6.54 Å². The van der Waals surface area contributed by atoms with Crippen LogP contribution in [0.1, 0.15) is 16.1 Å². The Hall–Kier alpha value is -3.88. The molecule has 0 saturated carbocycles. The van der Waals surface area contributed by atoms with E-state index in [4.69, 9.17) is 28.2 Å². The number of ether oxygens (including phenoxy) is 5. The zero-order valence-electron chi connectivity index (χ0n) is 16.7. The van der Waals surface area contributed by atoms with E-state index in [2.05, 4.69) is 10.5 Å². The number of fused-ring (bicyclic) bond motifs is 1. The number of hydrogen-bond donors (Lipinski definition) is 1. The van der Waals surface area contributed by atoms with E-state index in [1.165, 1.54) is 21.3 Å². The molecule has 3 aromatic rings. The van der Waals surface area contributed by atoms with Gasteiger partial charge in [-0.15, -0.1) is 0 Å². The van der Waals surface area contributed by atoms with Gasteiger partial charge in [0.25, 0.3) is 5.91 Å². The van der Waals surface area contributed by atoms with Crippen molar-refractivity contribution in [3.63, 3.8) is 0 Å². The summed E-state index contributed by atoms with van der Waals surface area (Å²) in [5, 5.41) is 6.82. The highest BCUT2D eigenvalue weighted by Gasteiger charge is 2.18. The van der Waals surface area contributed by atoms with Crippen molar-refractivity contribution in [1.82, 2.24) is 10.5 Å². The lowest BCUT2D eigenvalue weighted by molar-refractivity contribution is 0.0949. The Morgan fingerprint density at radius 2 is 1.73 bits per heavy atom. The molecule has 1 N–H and O–H groups in total. The fourth-order valence-electron chi connectivity index (χ4n) is 3.07. The normalized spacial score (nSPS) is 11.8. The molecular formula is C21H20N2O7. The maximum Gasteiger partial charge on any atom is 0.251 e. The summed E-state index contributed by atoms with van der Waals surface area (Å²) in [7, 11) is 4.49. The number of aromatic nitrogens is 1. The lowest BCUT2D eigenvalue weighted by Crippen LogP contribution is -2.23. The number of nitrogens with one attached hydrogen (secondary N) is 1. The molecule has 156 valence electrons. The SMILES string of the molecule is COc1cc(C(=O)NCc2cc(-c3ccc4c(c3)OCO4)on2)cc(OC)c1OC. The Balaban J connectivity index is 1.46. The second-order valence-electron chi connectivity index (χ2n) is 6.35. The topological polar surface area (TPSA) is 101 Å². The largest absolute Gasteiger partial charge is 0.493 e. The van der Waals surface area contributed by atoms with Crippen LogP contribution in [0.4, 0.5) is 0 Å². The molecule has 0 fully saturated rings. The minimum absolute atomic E-state index is 0.184. The second-order valence-corrected chi connectivity index (χ2v) is 6.35. The van der Waals surface area contributed by atoms with Gasteiger partial charge in [0.2, 0.25) is 12.5 Å². The van der Waals surface area contributed by atoms with Crippen LogP contribution >= 0.6 is 0 Å². The van der Waals surface area contributed by atoms with Crippen LogP contribution in [0.15, 0.2) is 40.9 Å². The number of nitrogens with zero attached hydrogens (tertiary/aromatic N) is 1. The molecule has 0 radical (unpaired) electrons. The first-order chi connectivity index (χ1) is 14.6. The molecular weight excluding hydrogens is 392 g/mol. The Kier molecular flexibility index (Phi) is 5.34. The van der Waals surface area contributed by atoms with E-state index in [9.17, 15) is 4.79 Å². The third kappa shape index (κ3) is 3.69. The maximum atomic E-state index is 12.6. The van der Waals surface area contributed by atoms with Gasteiger partial charge in [0.1, 0.15) is 5.69 Å². The Labute approximate surface area is 172 Å². The Morgan fingerprint density at radius 1 is 1.00 bits per heavy atom. The predicted octanol–water partition coefficient (Wildman–Crippen LogP) is 3.03. The van der Waals surface area contributed by atoms with Crippen molar-refractivity contribution < 1.29 is 33.0 Å². The molecule has 1 aliphatic rings. The predicted molar refractivity (Wildman–Crippen MR) is 105 cm³/mol. The minimum atomic E-state index is -0.318. The fourth-order valence-corrected chi connectivity index (χ4v) is 3.07. The zero-order chi connectivity index (χ0) is 21.1. The van der Waals surface area contributed by atoms with Crippen LogP contribution in [0, 0.1) is 0 Å². The molecule has 9 nitrogen and oxygen atoms in total. The van der Waals surface area contributed by atoms with Gasteiger partial charge in [0, 0.05) is 17.2 Å². The van der Waals surface area contributed by atoms with Crippen LogP contribution in [0.5, 0.6) is 28.7 Å². The highest BCUT2D eigenvalue weighted by molar-refractivity contribution is 5.95. The van der Waals surface area contributed by atoms with Gasteiger partial charge >= 0.3 is 0 Å². The van der Waals surface area contributed by atoms with Crippen molar-refractivity contribution in [2.24, 2.45) is 0 Å². The first kappa shape index (κ1) is 19.4. The van der Waals surface area contributed by atoms with E-state index in [1.807, 2.05) is 18.2 Å². The van der Waals surface area contributed by atoms with Crippen molar-refractivity contribution in [2.45, 2.75) is 6.54 Å². The lowest BCUT2D eigenvalue weighted by atomic mass is 10.1. The van der Waals surface area contributed by atoms with Crippen LogP contribution in [0.25, 0.3) is 11.3 Å². The van der Waals surface area contributed by atoms with Crippen molar-refractivity contribution >= 4 is 5.91 Å². The van der Waals surface area contributed by atoms with Gasteiger partial charge < -0.3 is 33.5 Å². The molecule has 0 spiro atoms. The standard InChI is InChI=1S/C21H20N2O7/c1-25-18-7-13(8-19(26-2)20(18)27-3)21(24)22-10-14-9-16(30-23-14)12-4-5-15-17(6-12)29-11-28-15/h4-9H,10-11H2,1-3H3,(H,22,24). The third-order valence-corrected chi connectivity index (χ3v) is 4.57. The van der Waals surface area contributed by atoms with Crippen LogP contribution < -0.4 is 29.0 Å². The van der Waals surface area contributed by atoms with Crippen LogP contribution in [0.3, 0.4) is 0 Å². The molecule has 0 atom stereocenters. The highest BCUT2D eigenvalue weighted by atomic mass is 16.7. The number of amides is 1. The molecule has 1 aromatic heterocycles. The maximum absolute atomic E-state index is 12.6. The van der Waals surface area contributed by atoms with Crippen molar-refractivity contribution in [3.8, 4) is 40.1 Å². The van der Waals surface area contributed by atoms with Gasteiger partial charge in [-0.1, -0.05) is 5.16 Å². The van der Waals surface area contributed by atoms with E-state index in [0.29, 0.717) is 45.8 Å². The molecule has 4 rings (SSSR count). The van der Waals surface area contributed by atoms with Crippen LogP contribution in [-0.4, -0.2) is 39.2 Å². The van der Waals surface area contributed by atoms with E-state index in [1.54, 1.807) is 18.2 Å². The van der Waals surface area contributed by atoms with Crippen LogP contribution in [0.2, 0.25) is 0 Å². The lowest BCUT2D eigenvalue weighted by Gasteiger charge is -2.13. The van der Waals surface area contributed by atoms with Gasteiger partial charge in [0.15, 0.2) is 28.8 Å². The second kappa shape index (κ2) is 8.24. The summed E-state index contributed by atoms with van der Waals surface area (Å²) in [6, 6.07) is 10.4. The summed E-state index contributed by atoms with van der Waals surface area (Å²) in [5.74, 6) is 2.80. The average molecular weight is 412 g/mol. The summed E-state index contributed by atoms with van der Waals surface area (Å²) < 4.78 is 31.9. The zero-order valence-corrected chi connectivity index (χ0v) is 16.7. The molecule has 1 aliphatic heterocycles. The summed E-state index contributed by atoms with van der Waals surface area (Å²) in [6.45, 7) is 0.386. The first-order valence-corrected chi connectivity index (χ1v) is 9.06. The van der Waals surface area contributed by atoms with Crippen molar-refractivity contribution in [3.05, 3.63) is 47.7 Å². The summed E-state index contributed by atoms with van der Waals surface area (Å²) in [4.78, 5) is 12.6. The van der Waals surface area contributed by atoms with E-state index in [-0.39, 0.29) is 19.2 Å². The number of hydrogen-bond acceptors (Lipinski definition) is 8. The molecule has 9 heteroatoms. The number of carbonyl (C=O) groups is 1. The summed E-state index contributed by atoms with van der Waals surface area (Å²) in [5.41, 5.74) is 1.74. The Bertz CT molecular complexity index is 1050. The molecule has 2 heterocycles. The number of benzene rings is 2. The van der Waals surface area contributed by atoms with Gasteiger partial charge in [-0.05, 0) is 30.3 Å². The first-order valence-electron chi connectivity index (χ1n) is 9.06. The molecule has 0 unspecified atom stereocenters. The summed E-state index contributed by atoms with van der Waals surface area (Å²) >= 11 is 0. The fraction of sp³-hybridized carbons (Fsp3) is 0.238. The smallest absolute Gasteiger partial charge is 0.251 e. The number of rotatable bonds is 7. The monoisotopic (exact) mass is 412 g/mol.